The molecule has 1 aromatic carbocycles. The number of halogens is 1. The molecule has 1 saturated heterocycles. The van der Waals surface area contributed by atoms with E-state index in [1.54, 1.807) is 10.8 Å². The Morgan fingerprint density at radius 3 is 2.90 bits per heavy atom. The van der Waals surface area contributed by atoms with Crippen molar-refractivity contribution in [3.63, 3.8) is 0 Å². The van der Waals surface area contributed by atoms with Crippen molar-refractivity contribution in [1.29, 1.82) is 0 Å². The quantitative estimate of drug-likeness (QED) is 0.457. The average Bonchev–Trinajstić information content (AvgIpc) is 3.33. The molecule has 2 aromatic rings. The van der Waals surface area contributed by atoms with Gasteiger partial charge in [0.1, 0.15) is 5.15 Å². The molecule has 1 atom stereocenters. The SMILES string of the molecule is Cc1ccc(Cn2nc(C)c(C=CC(=O)NCCCOCC3CCCO3)c2Cl)cc1. The first-order valence-electron chi connectivity index (χ1n) is 10.5. The van der Waals surface area contributed by atoms with Gasteiger partial charge < -0.3 is 14.8 Å². The molecule has 1 amide bonds. The van der Waals surface area contributed by atoms with Crippen molar-refractivity contribution in [2.45, 2.75) is 45.8 Å². The lowest BCUT2D eigenvalue weighted by atomic mass is 10.1. The van der Waals surface area contributed by atoms with E-state index in [2.05, 4.69) is 41.6 Å². The molecular formula is C23H30ClN3O3. The van der Waals surface area contributed by atoms with Crippen molar-refractivity contribution in [3.05, 3.63) is 57.9 Å². The zero-order valence-electron chi connectivity index (χ0n) is 17.7. The Kier molecular flexibility index (Phi) is 8.49. The van der Waals surface area contributed by atoms with E-state index in [-0.39, 0.29) is 12.0 Å². The molecular weight excluding hydrogens is 402 g/mol. The zero-order valence-corrected chi connectivity index (χ0v) is 18.5. The number of aromatic nitrogens is 2. The van der Waals surface area contributed by atoms with E-state index in [1.165, 1.54) is 11.6 Å². The van der Waals surface area contributed by atoms with Gasteiger partial charge in [0.05, 0.1) is 24.9 Å². The Morgan fingerprint density at radius 2 is 2.17 bits per heavy atom. The van der Waals surface area contributed by atoms with E-state index in [0.29, 0.717) is 31.5 Å². The largest absolute Gasteiger partial charge is 0.379 e. The minimum atomic E-state index is -0.157. The van der Waals surface area contributed by atoms with Crippen LogP contribution in [-0.2, 0) is 20.8 Å². The van der Waals surface area contributed by atoms with Crippen LogP contribution in [0.15, 0.2) is 30.3 Å². The maximum absolute atomic E-state index is 12.1. The summed E-state index contributed by atoms with van der Waals surface area (Å²) in [7, 11) is 0. The first-order valence-corrected chi connectivity index (χ1v) is 10.8. The van der Waals surface area contributed by atoms with Gasteiger partial charge in [0.15, 0.2) is 0 Å². The van der Waals surface area contributed by atoms with Crippen LogP contribution in [0, 0.1) is 13.8 Å². The Hall–Kier alpha value is -2.15. The number of carbonyl (C=O) groups is 1. The fraction of sp³-hybridized carbons (Fsp3) is 0.478. The van der Waals surface area contributed by atoms with Gasteiger partial charge >= 0.3 is 0 Å². The molecule has 0 bridgehead atoms. The molecule has 1 aliphatic rings. The maximum Gasteiger partial charge on any atom is 0.244 e. The van der Waals surface area contributed by atoms with Crippen LogP contribution in [-0.4, -0.2) is 48.2 Å². The van der Waals surface area contributed by atoms with Gasteiger partial charge in [-0.15, -0.1) is 0 Å². The number of ether oxygens (including phenoxy) is 2. The van der Waals surface area contributed by atoms with Gasteiger partial charge in [-0.2, -0.15) is 5.10 Å². The Balaban J connectivity index is 1.42. The van der Waals surface area contributed by atoms with Crippen LogP contribution in [0.1, 0.15) is 41.6 Å². The third kappa shape index (κ3) is 6.69. The molecule has 0 aliphatic carbocycles. The highest BCUT2D eigenvalue weighted by molar-refractivity contribution is 6.31. The van der Waals surface area contributed by atoms with Crippen molar-refractivity contribution in [2.24, 2.45) is 0 Å². The van der Waals surface area contributed by atoms with Crippen molar-refractivity contribution in [3.8, 4) is 0 Å². The van der Waals surface area contributed by atoms with Crippen LogP contribution in [0.4, 0.5) is 0 Å². The molecule has 1 aliphatic heterocycles. The molecule has 162 valence electrons. The fourth-order valence-electron chi connectivity index (χ4n) is 3.32. The molecule has 0 spiro atoms. The van der Waals surface area contributed by atoms with Crippen LogP contribution in [0.25, 0.3) is 6.08 Å². The third-order valence-electron chi connectivity index (χ3n) is 5.06. The lowest BCUT2D eigenvalue weighted by Crippen LogP contribution is -2.23. The molecule has 1 aromatic heterocycles. The van der Waals surface area contributed by atoms with Crippen LogP contribution in [0.5, 0.6) is 0 Å². The van der Waals surface area contributed by atoms with Gasteiger partial charge in [-0.05, 0) is 44.7 Å². The number of rotatable bonds is 10. The van der Waals surface area contributed by atoms with Gasteiger partial charge in [-0.1, -0.05) is 41.4 Å². The predicted octanol–water partition coefficient (Wildman–Crippen LogP) is 3.92. The first kappa shape index (κ1) is 22.5. The highest BCUT2D eigenvalue weighted by Gasteiger charge is 2.15. The minimum absolute atomic E-state index is 0.157. The second-order valence-electron chi connectivity index (χ2n) is 7.62. The first-order chi connectivity index (χ1) is 14.5. The smallest absolute Gasteiger partial charge is 0.244 e. The van der Waals surface area contributed by atoms with Gasteiger partial charge in [-0.3, -0.25) is 4.79 Å². The van der Waals surface area contributed by atoms with Gasteiger partial charge in [-0.25, -0.2) is 4.68 Å². The summed E-state index contributed by atoms with van der Waals surface area (Å²) in [5.74, 6) is -0.157. The summed E-state index contributed by atoms with van der Waals surface area (Å²) in [6.07, 6.45) is 6.41. The summed E-state index contributed by atoms with van der Waals surface area (Å²) < 4.78 is 12.9. The molecule has 1 fully saturated rings. The highest BCUT2D eigenvalue weighted by atomic mass is 35.5. The molecule has 1 N–H and O–H groups in total. The number of hydrogen-bond acceptors (Lipinski definition) is 4. The van der Waals surface area contributed by atoms with Gasteiger partial charge in [0, 0.05) is 31.4 Å². The second-order valence-corrected chi connectivity index (χ2v) is 7.98. The monoisotopic (exact) mass is 431 g/mol. The predicted molar refractivity (Wildman–Crippen MR) is 119 cm³/mol. The number of hydrogen-bond donors (Lipinski definition) is 1. The van der Waals surface area contributed by atoms with Crippen molar-refractivity contribution in [1.82, 2.24) is 15.1 Å². The summed E-state index contributed by atoms with van der Waals surface area (Å²) in [6, 6.07) is 8.27. The lowest BCUT2D eigenvalue weighted by Gasteiger charge is -2.09. The van der Waals surface area contributed by atoms with E-state index in [4.69, 9.17) is 21.1 Å². The number of amides is 1. The summed E-state index contributed by atoms with van der Waals surface area (Å²) in [4.78, 5) is 12.1. The number of benzene rings is 1. The molecule has 2 heterocycles. The molecule has 1 unspecified atom stereocenters. The molecule has 6 nitrogen and oxygen atoms in total. The molecule has 0 saturated carbocycles. The summed E-state index contributed by atoms with van der Waals surface area (Å²) in [5, 5.41) is 7.90. The Morgan fingerprint density at radius 1 is 1.37 bits per heavy atom. The molecule has 3 rings (SSSR count). The number of carbonyl (C=O) groups excluding carboxylic acids is 1. The minimum Gasteiger partial charge on any atom is -0.379 e. The molecule has 7 heteroatoms. The molecule has 0 radical (unpaired) electrons. The van der Waals surface area contributed by atoms with Gasteiger partial charge in [0.2, 0.25) is 5.91 Å². The van der Waals surface area contributed by atoms with E-state index < -0.39 is 0 Å². The fourth-order valence-corrected chi connectivity index (χ4v) is 3.62. The second kappa shape index (κ2) is 11.3. The summed E-state index contributed by atoms with van der Waals surface area (Å²) in [6.45, 7) is 7.19. The van der Waals surface area contributed by atoms with Crippen LogP contribution < -0.4 is 5.32 Å². The highest BCUT2D eigenvalue weighted by Crippen LogP contribution is 2.22. The van der Waals surface area contributed by atoms with Crippen LogP contribution in [0.3, 0.4) is 0 Å². The lowest BCUT2D eigenvalue weighted by molar-refractivity contribution is -0.116. The Bertz CT molecular complexity index is 855. The summed E-state index contributed by atoms with van der Waals surface area (Å²) >= 11 is 6.50. The van der Waals surface area contributed by atoms with E-state index in [9.17, 15) is 4.79 Å². The maximum atomic E-state index is 12.1. The van der Waals surface area contributed by atoms with Crippen molar-refractivity contribution < 1.29 is 14.3 Å². The third-order valence-corrected chi connectivity index (χ3v) is 5.45. The normalized spacial score (nSPS) is 16.4. The molecule has 30 heavy (non-hydrogen) atoms. The standard InChI is InChI=1S/C23H30ClN3O3/c1-17-6-8-19(9-7-17)15-27-23(24)21(18(2)26-27)10-11-22(28)25-12-4-13-29-16-20-5-3-14-30-20/h6-11,20H,3-5,12-16H2,1-2H3,(H,25,28). The van der Waals surface area contributed by atoms with Crippen molar-refractivity contribution in [2.75, 3.05) is 26.4 Å². The number of nitrogens with one attached hydrogen (secondary N) is 1. The topological polar surface area (TPSA) is 65.4 Å². The van der Waals surface area contributed by atoms with Gasteiger partial charge in [0.25, 0.3) is 0 Å². The van der Waals surface area contributed by atoms with Crippen LogP contribution >= 0.6 is 11.6 Å². The number of aryl methyl sites for hydroxylation is 2. The average molecular weight is 432 g/mol. The van der Waals surface area contributed by atoms with E-state index in [1.807, 2.05) is 6.92 Å². The Labute approximate surface area is 183 Å². The van der Waals surface area contributed by atoms with E-state index >= 15 is 0 Å². The van der Waals surface area contributed by atoms with E-state index in [0.717, 1.165) is 42.7 Å². The van der Waals surface area contributed by atoms with Crippen LogP contribution in [0.2, 0.25) is 5.15 Å². The number of nitrogens with zero attached hydrogens (tertiary/aromatic N) is 2. The van der Waals surface area contributed by atoms with Crippen molar-refractivity contribution >= 4 is 23.6 Å². The summed E-state index contributed by atoms with van der Waals surface area (Å²) in [5.41, 5.74) is 3.89. The zero-order chi connectivity index (χ0) is 21.3.